The number of hydrogen-bond acceptors (Lipinski definition) is 3. The van der Waals surface area contributed by atoms with E-state index < -0.39 is 17.4 Å². The zero-order valence-electron chi connectivity index (χ0n) is 17.9. The monoisotopic (exact) mass is 442 g/mol. The summed E-state index contributed by atoms with van der Waals surface area (Å²) < 4.78 is 43.9. The molecule has 1 saturated carbocycles. The van der Waals surface area contributed by atoms with Crippen LogP contribution >= 0.6 is 0 Å². The number of alkyl halides is 3. The number of halogens is 3. The molecule has 1 aliphatic rings. The highest BCUT2D eigenvalue weighted by Crippen LogP contribution is 2.47. The summed E-state index contributed by atoms with van der Waals surface area (Å²) in [5.74, 6) is -0.0754. The van der Waals surface area contributed by atoms with Gasteiger partial charge < -0.3 is 9.52 Å². The van der Waals surface area contributed by atoms with Crippen molar-refractivity contribution in [3.63, 3.8) is 0 Å². The van der Waals surface area contributed by atoms with E-state index in [1.165, 1.54) is 30.4 Å². The molecule has 4 rings (SSSR count). The van der Waals surface area contributed by atoms with Crippen molar-refractivity contribution in [3.05, 3.63) is 99.1 Å². The fourth-order valence-corrected chi connectivity index (χ4v) is 3.64. The lowest BCUT2D eigenvalue weighted by Gasteiger charge is -2.17. The molecule has 1 fully saturated rings. The summed E-state index contributed by atoms with van der Waals surface area (Å²) >= 11 is 0. The highest BCUT2D eigenvalue weighted by molar-refractivity contribution is 5.68. The summed E-state index contributed by atoms with van der Waals surface area (Å²) in [7, 11) is 0. The summed E-state index contributed by atoms with van der Waals surface area (Å²) in [6.45, 7) is 4.00. The molecule has 1 heterocycles. The molecule has 2 aromatic carbocycles. The first-order valence-electron chi connectivity index (χ1n) is 10.6. The van der Waals surface area contributed by atoms with Crippen LogP contribution in [0, 0.1) is 5.92 Å². The molecule has 3 nitrogen and oxygen atoms in total. The van der Waals surface area contributed by atoms with Gasteiger partial charge in [-0.15, -0.1) is 0 Å². The average molecular weight is 442 g/mol. The molecule has 0 aliphatic heterocycles. The molecule has 0 amide bonds. The van der Waals surface area contributed by atoms with Gasteiger partial charge in [0, 0.05) is 12.0 Å². The molecule has 6 heteroatoms. The van der Waals surface area contributed by atoms with Crippen molar-refractivity contribution in [1.29, 1.82) is 0 Å². The normalized spacial score (nSPS) is 14.7. The average Bonchev–Trinajstić information content (AvgIpc) is 3.61. The van der Waals surface area contributed by atoms with Crippen LogP contribution in [-0.2, 0) is 6.18 Å². The van der Waals surface area contributed by atoms with Gasteiger partial charge in [-0.2, -0.15) is 13.2 Å². The van der Waals surface area contributed by atoms with Gasteiger partial charge in [-0.3, -0.25) is 0 Å². The number of benzene rings is 2. The van der Waals surface area contributed by atoms with Crippen molar-refractivity contribution in [2.24, 2.45) is 5.92 Å². The third-order valence-corrected chi connectivity index (χ3v) is 5.20. The second kappa shape index (κ2) is 9.90. The Morgan fingerprint density at radius 1 is 1.00 bits per heavy atom. The molecule has 0 bridgehead atoms. The summed E-state index contributed by atoms with van der Waals surface area (Å²) in [5, 5.41) is 10.6. The Morgan fingerprint density at radius 2 is 1.69 bits per heavy atom. The topological polar surface area (TPSA) is 50.4 Å². The quantitative estimate of drug-likeness (QED) is 0.458. The standard InChI is InChI=1S/C24H19F3O3.C2H6/c25-24(26,27)18-8-4-5-15(13-18)9-12-19-14-20(28)22(23(29)30-19)21(17-10-11-17)16-6-2-1-3-7-16;1-2/h1-9,12-14,17,21,28H,10-11H2;1-2H3. The van der Waals surface area contributed by atoms with E-state index in [0.29, 0.717) is 5.56 Å². The zero-order chi connectivity index (χ0) is 23.3. The van der Waals surface area contributed by atoms with Crippen molar-refractivity contribution in [3.8, 4) is 5.75 Å². The van der Waals surface area contributed by atoms with Gasteiger partial charge in [0.05, 0.1) is 11.1 Å². The molecule has 32 heavy (non-hydrogen) atoms. The largest absolute Gasteiger partial charge is 0.507 e. The maximum atomic E-state index is 12.9. The third kappa shape index (κ3) is 5.49. The van der Waals surface area contributed by atoms with Crippen LogP contribution in [0.1, 0.15) is 60.6 Å². The number of hydrogen-bond donors (Lipinski definition) is 1. The van der Waals surface area contributed by atoms with Gasteiger partial charge in [-0.1, -0.05) is 62.4 Å². The van der Waals surface area contributed by atoms with Crippen LogP contribution in [0.15, 0.2) is 69.9 Å². The predicted molar refractivity (Wildman–Crippen MR) is 119 cm³/mol. The molecule has 1 aromatic heterocycles. The Bertz CT molecular complexity index is 1130. The first kappa shape index (κ1) is 23.4. The van der Waals surface area contributed by atoms with Gasteiger partial charge in [0.2, 0.25) is 0 Å². The smallest absolute Gasteiger partial charge is 0.416 e. The van der Waals surface area contributed by atoms with E-state index in [4.69, 9.17) is 4.42 Å². The van der Waals surface area contributed by atoms with Gasteiger partial charge >= 0.3 is 11.8 Å². The van der Waals surface area contributed by atoms with Crippen molar-refractivity contribution < 1.29 is 22.7 Å². The molecule has 1 aliphatic carbocycles. The minimum Gasteiger partial charge on any atom is -0.507 e. The van der Waals surface area contributed by atoms with E-state index in [2.05, 4.69) is 0 Å². The maximum Gasteiger partial charge on any atom is 0.416 e. The second-order valence-electron chi connectivity index (χ2n) is 7.42. The molecule has 168 valence electrons. The lowest BCUT2D eigenvalue weighted by molar-refractivity contribution is -0.137. The van der Waals surface area contributed by atoms with Crippen LogP contribution in [0.25, 0.3) is 12.2 Å². The van der Waals surface area contributed by atoms with Gasteiger partial charge in [0.1, 0.15) is 11.5 Å². The van der Waals surface area contributed by atoms with Crippen molar-refractivity contribution in [2.45, 2.75) is 38.8 Å². The van der Waals surface area contributed by atoms with Crippen LogP contribution in [0.5, 0.6) is 5.75 Å². The molecular formula is C26H25F3O3. The van der Waals surface area contributed by atoms with Crippen LogP contribution in [-0.4, -0.2) is 5.11 Å². The fraction of sp³-hybridized carbons (Fsp3) is 0.269. The number of aromatic hydroxyl groups is 1. The Hall–Kier alpha value is -3.28. The highest BCUT2D eigenvalue weighted by Gasteiger charge is 2.37. The van der Waals surface area contributed by atoms with Crippen molar-refractivity contribution in [2.75, 3.05) is 0 Å². The minimum absolute atomic E-state index is 0.0706. The Morgan fingerprint density at radius 3 is 2.28 bits per heavy atom. The first-order valence-corrected chi connectivity index (χ1v) is 10.6. The van der Waals surface area contributed by atoms with Crippen molar-refractivity contribution in [1.82, 2.24) is 0 Å². The van der Waals surface area contributed by atoms with E-state index in [0.717, 1.165) is 30.5 Å². The molecule has 0 spiro atoms. The van der Waals surface area contributed by atoms with Gasteiger partial charge in [-0.25, -0.2) is 4.79 Å². The highest BCUT2D eigenvalue weighted by atomic mass is 19.4. The lowest BCUT2D eigenvalue weighted by atomic mass is 9.87. The Kier molecular flexibility index (Phi) is 7.23. The number of rotatable bonds is 5. The van der Waals surface area contributed by atoms with E-state index >= 15 is 0 Å². The Balaban J connectivity index is 0.00000141. The van der Waals surface area contributed by atoms with Crippen LogP contribution in [0.3, 0.4) is 0 Å². The maximum absolute atomic E-state index is 12.9. The van der Waals surface area contributed by atoms with E-state index in [1.807, 2.05) is 44.2 Å². The summed E-state index contributed by atoms with van der Waals surface area (Å²) in [4.78, 5) is 12.7. The Labute approximate surface area is 184 Å². The van der Waals surface area contributed by atoms with Gasteiger partial charge in [0.15, 0.2) is 0 Å². The van der Waals surface area contributed by atoms with Gasteiger partial charge in [0.25, 0.3) is 0 Å². The third-order valence-electron chi connectivity index (χ3n) is 5.20. The second-order valence-corrected chi connectivity index (χ2v) is 7.42. The molecule has 1 N–H and O–H groups in total. The van der Waals surface area contributed by atoms with Crippen LogP contribution in [0.2, 0.25) is 0 Å². The molecule has 0 saturated heterocycles. The lowest BCUT2D eigenvalue weighted by Crippen LogP contribution is -2.16. The molecular weight excluding hydrogens is 417 g/mol. The summed E-state index contributed by atoms with van der Waals surface area (Å²) in [5.41, 5.74) is 0.0600. The first-order chi connectivity index (χ1) is 15.3. The minimum atomic E-state index is -4.44. The summed E-state index contributed by atoms with van der Waals surface area (Å²) in [6, 6.07) is 15.6. The summed E-state index contributed by atoms with van der Waals surface area (Å²) in [6.07, 6.45) is 0.272. The van der Waals surface area contributed by atoms with E-state index in [-0.39, 0.29) is 28.9 Å². The SMILES string of the molecule is CC.O=c1oc(C=Cc2cccc(C(F)(F)F)c2)cc(O)c1C(c1ccccc1)C1CC1. The zero-order valence-corrected chi connectivity index (χ0v) is 17.9. The fourth-order valence-electron chi connectivity index (χ4n) is 3.64. The van der Waals surface area contributed by atoms with E-state index in [1.54, 1.807) is 0 Å². The molecule has 3 aromatic rings. The molecule has 1 unspecified atom stereocenters. The van der Waals surface area contributed by atoms with Crippen LogP contribution in [0.4, 0.5) is 13.2 Å². The van der Waals surface area contributed by atoms with Gasteiger partial charge in [-0.05, 0) is 48.1 Å². The molecule has 1 atom stereocenters. The molecule has 0 radical (unpaired) electrons. The van der Waals surface area contributed by atoms with E-state index in [9.17, 15) is 23.1 Å². The predicted octanol–water partition coefficient (Wildman–Crippen LogP) is 7.10. The van der Waals surface area contributed by atoms with Crippen LogP contribution < -0.4 is 5.63 Å². The van der Waals surface area contributed by atoms with Crippen molar-refractivity contribution >= 4 is 12.2 Å².